The van der Waals surface area contributed by atoms with E-state index in [0.29, 0.717) is 19.0 Å². The fourth-order valence-electron chi connectivity index (χ4n) is 3.28. The van der Waals surface area contributed by atoms with E-state index < -0.39 is 11.7 Å². The molecule has 1 aliphatic rings. The van der Waals surface area contributed by atoms with Crippen LogP contribution in [0.5, 0.6) is 0 Å². The van der Waals surface area contributed by atoms with Crippen molar-refractivity contribution < 1.29 is 17.9 Å². The van der Waals surface area contributed by atoms with Crippen LogP contribution in [0.2, 0.25) is 0 Å². The largest absolute Gasteiger partial charge is 0.416 e. The van der Waals surface area contributed by atoms with Crippen molar-refractivity contribution in [3.8, 4) is 12.3 Å². The number of piperidine rings is 1. The number of ether oxygens (including phenoxy) is 1. The normalized spacial score (nSPS) is 17.0. The van der Waals surface area contributed by atoms with Crippen LogP contribution in [0.25, 0.3) is 0 Å². The van der Waals surface area contributed by atoms with E-state index in [1.807, 2.05) is 12.2 Å². The van der Waals surface area contributed by atoms with Gasteiger partial charge >= 0.3 is 6.18 Å². The van der Waals surface area contributed by atoms with E-state index in [-0.39, 0.29) is 0 Å². The van der Waals surface area contributed by atoms with Crippen LogP contribution < -0.4 is 5.32 Å². The zero-order valence-corrected chi connectivity index (χ0v) is 16.8. The molecular formula is C23H29F3N2O. The topological polar surface area (TPSA) is 24.5 Å². The van der Waals surface area contributed by atoms with E-state index in [0.717, 1.165) is 62.4 Å². The number of nitrogens with one attached hydrogen (secondary N) is 1. The summed E-state index contributed by atoms with van der Waals surface area (Å²) in [6, 6.07) is 5.70. The second-order valence-corrected chi connectivity index (χ2v) is 7.18. The number of benzene rings is 1. The first kappa shape index (κ1) is 23.2. The molecule has 0 atom stereocenters. The fourth-order valence-corrected chi connectivity index (χ4v) is 3.28. The lowest BCUT2D eigenvalue weighted by molar-refractivity contribution is -0.137. The molecule has 0 saturated carbocycles. The number of hydrogen-bond donors (Lipinski definition) is 1. The van der Waals surface area contributed by atoms with Crippen molar-refractivity contribution in [2.45, 2.75) is 31.5 Å². The summed E-state index contributed by atoms with van der Waals surface area (Å²) >= 11 is 0. The number of allylic oxidation sites excluding steroid dienone is 2. The van der Waals surface area contributed by atoms with Gasteiger partial charge in [-0.05, 0) is 61.7 Å². The number of nitrogens with zero attached hydrogens (tertiary/aromatic N) is 1. The van der Waals surface area contributed by atoms with Gasteiger partial charge in [-0.2, -0.15) is 13.2 Å². The Morgan fingerprint density at radius 2 is 1.97 bits per heavy atom. The lowest BCUT2D eigenvalue weighted by Crippen LogP contribution is -2.43. The molecule has 29 heavy (non-hydrogen) atoms. The smallest absolute Gasteiger partial charge is 0.383 e. The molecule has 0 unspecified atom stereocenters. The van der Waals surface area contributed by atoms with Crippen molar-refractivity contribution in [1.82, 2.24) is 10.2 Å². The SMILES string of the molecule is C#C/C=C(\C=C/Cc1ccc(C(F)(F)F)cc1)CNC1CCN(CCOC)CC1. The fraction of sp³-hybridized carbons (Fsp3) is 0.478. The van der Waals surface area contributed by atoms with Crippen LogP contribution in [0.4, 0.5) is 13.2 Å². The Morgan fingerprint density at radius 1 is 1.28 bits per heavy atom. The summed E-state index contributed by atoms with van der Waals surface area (Å²) < 4.78 is 43.0. The van der Waals surface area contributed by atoms with Gasteiger partial charge in [0.15, 0.2) is 0 Å². The van der Waals surface area contributed by atoms with Crippen LogP contribution in [0.3, 0.4) is 0 Å². The van der Waals surface area contributed by atoms with Gasteiger partial charge < -0.3 is 15.0 Å². The van der Waals surface area contributed by atoms with Crippen molar-refractivity contribution in [2.75, 3.05) is 39.9 Å². The Bertz CT molecular complexity index is 709. The number of methoxy groups -OCH3 is 1. The predicted octanol–water partition coefficient (Wildman–Crippen LogP) is 4.06. The number of alkyl halides is 3. The van der Waals surface area contributed by atoms with Gasteiger partial charge in [0.2, 0.25) is 0 Å². The van der Waals surface area contributed by atoms with Gasteiger partial charge in [-0.25, -0.2) is 0 Å². The number of terminal acetylenes is 1. The monoisotopic (exact) mass is 406 g/mol. The van der Waals surface area contributed by atoms with E-state index in [4.69, 9.17) is 11.2 Å². The average Bonchev–Trinajstić information content (AvgIpc) is 2.71. The molecule has 6 heteroatoms. The molecule has 1 aromatic carbocycles. The molecule has 0 bridgehead atoms. The summed E-state index contributed by atoms with van der Waals surface area (Å²) in [6.07, 6.45) is 9.45. The first-order chi connectivity index (χ1) is 13.9. The van der Waals surface area contributed by atoms with Crippen molar-refractivity contribution in [3.63, 3.8) is 0 Å². The lowest BCUT2D eigenvalue weighted by Gasteiger charge is -2.32. The maximum atomic E-state index is 12.6. The zero-order valence-electron chi connectivity index (χ0n) is 16.8. The van der Waals surface area contributed by atoms with Gasteiger partial charge in [0.1, 0.15) is 0 Å². The van der Waals surface area contributed by atoms with E-state index in [1.54, 1.807) is 13.2 Å². The second kappa shape index (κ2) is 11.8. The highest BCUT2D eigenvalue weighted by Crippen LogP contribution is 2.29. The second-order valence-electron chi connectivity index (χ2n) is 7.18. The van der Waals surface area contributed by atoms with Crippen LogP contribution in [0.15, 0.2) is 48.1 Å². The van der Waals surface area contributed by atoms with Crippen LogP contribution in [0, 0.1) is 12.3 Å². The van der Waals surface area contributed by atoms with Gasteiger partial charge in [-0.15, -0.1) is 6.42 Å². The molecule has 0 aromatic heterocycles. The first-order valence-electron chi connectivity index (χ1n) is 9.85. The lowest BCUT2D eigenvalue weighted by atomic mass is 10.0. The van der Waals surface area contributed by atoms with Crippen molar-refractivity contribution >= 4 is 0 Å². The van der Waals surface area contributed by atoms with Crippen LogP contribution in [-0.4, -0.2) is 50.8 Å². The van der Waals surface area contributed by atoms with E-state index in [9.17, 15) is 13.2 Å². The summed E-state index contributed by atoms with van der Waals surface area (Å²) in [7, 11) is 1.72. The molecule has 0 radical (unpaired) electrons. The summed E-state index contributed by atoms with van der Waals surface area (Å²) in [6.45, 7) is 4.52. The highest BCUT2D eigenvalue weighted by Gasteiger charge is 2.29. The standard InChI is InChI=1S/C23H29F3N2O/c1-3-5-20(18-27-22-12-14-28(15-13-22)16-17-29-2)7-4-6-19-8-10-21(11-9-19)23(24,25)26/h1,4-5,7-11,22,27H,6,12-18H2,2H3/b7-4-,20-5+. The molecular weight excluding hydrogens is 377 g/mol. The van der Waals surface area contributed by atoms with E-state index >= 15 is 0 Å². The number of hydrogen-bond acceptors (Lipinski definition) is 3. The third kappa shape index (κ3) is 8.45. The van der Waals surface area contributed by atoms with Gasteiger partial charge in [0.25, 0.3) is 0 Å². The molecule has 0 aliphatic carbocycles. The van der Waals surface area contributed by atoms with Gasteiger partial charge in [-0.3, -0.25) is 0 Å². The maximum absolute atomic E-state index is 12.6. The quantitative estimate of drug-likeness (QED) is 0.494. The molecule has 0 spiro atoms. The molecule has 1 heterocycles. The Balaban J connectivity index is 1.79. The first-order valence-corrected chi connectivity index (χ1v) is 9.85. The Labute approximate surface area is 171 Å². The Hall–Kier alpha value is -2.07. The summed E-state index contributed by atoms with van der Waals surface area (Å²) in [4.78, 5) is 2.41. The highest BCUT2D eigenvalue weighted by molar-refractivity contribution is 5.31. The molecule has 1 aromatic rings. The number of rotatable bonds is 9. The summed E-state index contributed by atoms with van der Waals surface area (Å²) in [5.74, 6) is 2.56. The summed E-state index contributed by atoms with van der Waals surface area (Å²) in [5.41, 5.74) is 1.18. The van der Waals surface area contributed by atoms with E-state index in [2.05, 4.69) is 16.1 Å². The molecule has 1 fully saturated rings. The summed E-state index contributed by atoms with van der Waals surface area (Å²) in [5, 5.41) is 3.56. The van der Waals surface area contributed by atoms with Crippen molar-refractivity contribution in [2.24, 2.45) is 0 Å². The predicted molar refractivity (Wildman–Crippen MR) is 111 cm³/mol. The molecule has 1 aliphatic heterocycles. The zero-order chi connectivity index (χ0) is 21.1. The number of likely N-dealkylation sites (tertiary alicyclic amines) is 1. The average molecular weight is 406 g/mol. The molecule has 1 N–H and O–H groups in total. The van der Waals surface area contributed by atoms with Crippen LogP contribution >= 0.6 is 0 Å². The minimum absolute atomic E-state index is 0.457. The molecule has 1 saturated heterocycles. The minimum Gasteiger partial charge on any atom is -0.383 e. The third-order valence-electron chi connectivity index (χ3n) is 5.03. The van der Waals surface area contributed by atoms with Gasteiger partial charge in [0.05, 0.1) is 12.2 Å². The Morgan fingerprint density at radius 3 is 2.55 bits per heavy atom. The van der Waals surface area contributed by atoms with Crippen LogP contribution in [0.1, 0.15) is 24.0 Å². The molecule has 2 rings (SSSR count). The highest BCUT2D eigenvalue weighted by atomic mass is 19.4. The van der Waals surface area contributed by atoms with Gasteiger partial charge in [-0.1, -0.05) is 30.2 Å². The maximum Gasteiger partial charge on any atom is 0.416 e. The van der Waals surface area contributed by atoms with Crippen LogP contribution in [-0.2, 0) is 17.3 Å². The van der Waals surface area contributed by atoms with Crippen molar-refractivity contribution in [3.05, 3.63) is 59.2 Å². The molecule has 158 valence electrons. The molecule has 3 nitrogen and oxygen atoms in total. The van der Waals surface area contributed by atoms with Gasteiger partial charge in [0, 0.05) is 26.2 Å². The Kier molecular flexibility index (Phi) is 9.46. The third-order valence-corrected chi connectivity index (χ3v) is 5.03. The minimum atomic E-state index is -4.30. The number of halogens is 3. The molecule has 0 amide bonds. The van der Waals surface area contributed by atoms with E-state index in [1.165, 1.54) is 12.1 Å². The van der Waals surface area contributed by atoms with Crippen molar-refractivity contribution in [1.29, 1.82) is 0 Å².